The smallest absolute Gasteiger partial charge is 0.407 e. The number of aliphatic hydroxyl groups is 1. The van der Waals surface area contributed by atoms with Crippen LogP contribution in [0.4, 0.5) is 4.79 Å². The maximum absolute atomic E-state index is 13.9. The summed E-state index contributed by atoms with van der Waals surface area (Å²) >= 11 is 1.40. The highest BCUT2D eigenvalue weighted by molar-refractivity contribution is 7.98. The van der Waals surface area contributed by atoms with E-state index in [1.165, 1.54) is 29.8 Å². The van der Waals surface area contributed by atoms with Crippen molar-refractivity contribution in [3.05, 3.63) is 42.1 Å². The van der Waals surface area contributed by atoms with E-state index < -0.39 is 60.4 Å². The molecule has 3 heterocycles. The summed E-state index contributed by atoms with van der Waals surface area (Å²) < 4.78 is 22.4. The van der Waals surface area contributed by atoms with Gasteiger partial charge in [0.25, 0.3) is 5.72 Å². The minimum Gasteiger partial charge on any atom is -0.488 e. The molecular formula is C35H44N4O11S. The van der Waals surface area contributed by atoms with Crippen molar-refractivity contribution in [2.75, 3.05) is 33.1 Å². The van der Waals surface area contributed by atoms with E-state index in [2.05, 4.69) is 15.6 Å². The number of nitrogens with zero attached hydrogens (tertiary/aromatic N) is 2. The Balaban J connectivity index is 1.35. The molecule has 5 rings (SSSR count). The number of hydrogen-bond donors (Lipinski definition) is 4. The van der Waals surface area contributed by atoms with Gasteiger partial charge >= 0.3 is 18.0 Å². The number of thioether (sulfide) groups is 1. The number of amides is 3. The molecule has 15 nitrogen and oxygen atoms in total. The molecule has 0 radical (unpaired) electrons. The van der Waals surface area contributed by atoms with Gasteiger partial charge in [-0.05, 0) is 63.3 Å². The van der Waals surface area contributed by atoms with Gasteiger partial charge in [0.2, 0.25) is 11.8 Å². The Kier molecular flexibility index (Phi) is 12.8. The molecule has 51 heavy (non-hydrogen) atoms. The molecule has 4 N–H and O–H groups in total. The molecule has 0 bridgehead atoms. The van der Waals surface area contributed by atoms with Gasteiger partial charge in [0, 0.05) is 29.4 Å². The van der Waals surface area contributed by atoms with Crippen molar-refractivity contribution in [2.45, 2.75) is 92.8 Å². The summed E-state index contributed by atoms with van der Waals surface area (Å²) in [6, 6.07) is 5.50. The largest absolute Gasteiger partial charge is 0.488 e. The van der Waals surface area contributed by atoms with Crippen LogP contribution in [-0.4, -0.2) is 113 Å². The number of unbranched alkanes of at least 4 members (excludes halogenated alkanes) is 3. The monoisotopic (exact) mass is 728 g/mol. The zero-order chi connectivity index (χ0) is 36.5. The summed E-state index contributed by atoms with van der Waals surface area (Å²) in [4.78, 5) is 71.2. The molecule has 3 amide bonds. The minimum atomic E-state index is -1.80. The molecule has 2 saturated heterocycles. The number of fused-ring (bicyclic) bond motifs is 1. The molecule has 1 aromatic carbocycles. The van der Waals surface area contributed by atoms with Gasteiger partial charge in [0.15, 0.2) is 5.69 Å². The zero-order valence-electron chi connectivity index (χ0n) is 28.6. The molecule has 1 saturated carbocycles. The van der Waals surface area contributed by atoms with Gasteiger partial charge in [-0.3, -0.25) is 9.59 Å². The highest BCUT2D eigenvalue weighted by Crippen LogP contribution is 2.38. The Morgan fingerprint density at radius 3 is 2.63 bits per heavy atom. The molecule has 3 aliphatic rings. The normalized spacial score (nSPS) is 23.0. The number of benzene rings is 1. The molecule has 2 aliphatic heterocycles. The number of pyridine rings is 1. The first-order valence-electron chi connectivity index (χ1n) is 17.1. The van der Waals surface area contributed by atoms with E-state index in [-0.39, 0.29) is 37.1 Å². The number of hydrogen-bond acceptors (Lipinski definition) is 12. The zero-order valence-corrected chi connectivity index (χ0v) is 29.4. The highest BCUT2D eigenvalue weighted by atomic mass is 32.2. The third-order valence-electron chi connectivity index (χ3n) is 9.14. The number of methoxy groups -OCH3 is 1. The summed E-state index contributed by atoms with van der Waals surface area (Å²) in [5.41, 5.74) is -1.60. The molecule has 2 aromatic rings. The van der Waals surface area contributed by atoms with E-state index in [4.69, 9.17) is 24.1 Å². The number of allylic oxidation sites excluding steroid dienone is 1. The standard InChI is InChI=1S/C35H44N4O11S/c1-47-33(45)35(28(50-35)15-6-4-3-5-9-16-40)38-31(42)25-17-22(20-39(25)29(41)19-36-34(46)49-21-11-7-8-12-21)48-26-18-24(32(43)44)37-30-23(26)13-10-14-27(30)51-2/h6,10,13-15,18,21-22,25,28,40H,3-5,7-9,11-12,16-17,19-20H2,1-2H3,(H,36,46)(H,38,42)(H,43,44)/b15-6-/t22-,25+,28?,35+/m1/s1. The first kappa shape index (κ1) is 37.8. The molecule has 1 aliphatic carbocycles. The molecule has 1 unspecified atom stereocenters. The third kappa shape index (κ3) is 9.10. The van der Waals surface area contributed by atoms with Crippen LogP contribution in [0.2, 0.25) is 0 Å². The van der Waals surface area contributed by atoms with Crippen LogP contribution < -0.4 is 15.4 Å². The average molecular weight is 729 g/mol. The number of carboxylic acid groups (broad SMARTS) is 1. The average Bonchev–Trinajstić information content (AvgIpc) is 3.40. The van der Waals surface area contributed by atoms with Gasteiger partial charge in [0.05, 0.1) is 19.2 Å². The van der Waals surface area contributed by atoms with Gasteiger partial charge in [-0.1, -0.05) is 24.6 Å². The summed E-state index contributed by atoms with van der Waals surface area (Å²) in [5.74, 6) is -3.16. The second kappa shape index (κ2) is 17.2. The lowest BCUT2D eigenvalue weighted by Crippen LogP contribution is -2.55. The lowest BCUT2D eigenvalue weighted by molar-refractivity contribution is -0.151. The van der Waals surface area contributed by atoms with Crippen molar-refractivity contribution in [1.82, 2.24) is 20.5 Å². The first-order chi connectivity index (χ1) is 24.6. The fraction of sp³-hybridized carbons (Fsp3) is 0.543. The number of carboxylic acids is 1. The fourth-order valence-electron chi connectivity index (χ4n) is 6.44. The van der Waals surface area contributed by atoms with Gasteiger partial charge in [-0.25, -0.2) is 19.4 Å². The number of para-hydroxylation sites is 1. The van der Waals surface area contributed by atoms with Crippen LogP contribution in [0.1, 0.15) is 68.3 Å². The topological polar surface area (TPSA) is 206 Å². The first-order valence-corrected chi connectivity index (χ1v) is 18.3. The summed E-state index contributed by atoms with van der Waals surface area (Å²) in [6.45, 7) is -0.434. The molecule has 276 valence electrons. The van der Waals surface area contributed by atoms with Crippen molar-refractivity contribution in [3.8, 4) is 5.75 Å². The number of rotatable bonds is 16. The summed E-state index contributed by atoms with van der Waals surface area (Å²) in [7, 11) is 1.17. The van der Waals surface area contributed by atoms with Crippen LogP contribution in [0, 0.1) is 0 Å². The Morgan fingerprint density at radius 1 is 1.14 bits per heavy atom. The fourth-order valence-corrected chi connectivity index (χ4v) is 7.01. The molecule has 1 aromatic heterocycles. The third-order valence-corrected chi connectivity index (χ3v) is 9.91. The van der Waals surface area contributed by atoms with E-state index in [9.17, 15) is 29.1 Å². The van der Waals surface area contributed by atoms with Crippen molar-refractivity contribution >= 4 is 52.5 Å². The molecule has 4 atom stereocenters. The van der Waals surface area contributed by atoms with Crippen molar-refractivity contribution in [3.63, 3.8) is 0 Å². The minimum absolute atomic E-state index is 0.0266. The van der Waals surface area contributed by atoms with E-state index in [1.807, 2.05) is 18.4 Å². The van der Waals surface area contributed by atoms with Crippen LogP contribution in [0.25, 0.3) is 10.9 Å². The number of alkyl carbamates (subject to hydrolysis) is 1. The van der Waals surface area contributed by atoms with Gasteiger partial charge in [0.1, 0.15) is 36.6 Å². The summed E-state index contributed by atoms with van der Waals surface area (Å²) in [6.07, 6.45) is 9.21. The number of epoxide rings is 1. The Labute approximate surface area is 299 Å². The molecular weight excluding hydrogens is 684 g/mol. The predicted molar refractivity (Wildman–Crippen MR) is 184 cm³/mol. The van der Waals surface area contributed by atoms with Gasteiger partial charge in [-0.15, -0.1) is 11.8 Å². The van der Waals surface area contributed by atoms with Crippen LogP contribution in [0.15, 0.2) is 41.3 Å². The Hall–Kier alpha value is -4.41. The lowest BCUT2D eigenvalue weighted by Gasteiger charge is -2.25. The Morgan fingerprint density at radius 2 is 1.92 bits per heavy atom. The van der Waals surface area contributed by atoms with Gasteiger partial charge < -0.3 is 44.7 Å². The number of carbonyl (C=O) groups excluding carboxylic acids is 4. The van der Waals surface area contributed by atoms with E-state index in [0.29, 0.717) is 23.7 Å². The van der Waals surface area contributed by atoms with Crippen LogP contribution in [-0.2, 0) is 28.6 Å². The number of aromatic nitrogens is 1. The van der Waals surface area contributed by atoms with E-state index in [0.717, 1.165) is 43.4 Å². The quantitative estimate of drug-likeness (QED) is 0.0645. The number of likely N-dealkylation sites (tertiary alicyclic amines) is 1. The number of carbonyl (C=O) groups is 5. The van der Waals surface area contributed by atoms with Gasteiger partial charge in [-0.2, -0.15) is 0 Å². The number of nitrogens with one attached hydrogen (secondary N) is 2. The van der Waals surface area contributed by atoms with E-state index in [1.54, 1.807) is 18.2 Å². The van der Waals surface area contributed by atoms with Crippen molar-refractivity contribution < 1.29 is 53.1 Å². The SMILES string of the molecule is COC(=O)[C@@]1(NC(=O)[C@@H]2C[C@@H](Oc3cc(C(=O)O)nc4c(SC)cccc34)CN2C(=O)CNC(=O)OC2CCCC2)OC1/C=C\CCCCCO. The number of esters is 1. The van der Waals surface area contributed by atoms with Crippen molar-refractivity contribution in [1.29, 1.82) is 0 Å². The maximum atomic E-state index is 13.9. The Bertz CT molecular complexity index is 1650. The predicted octanol–water partition coefficient (Wildman–Crippen LogP) is 3.17. The maximum Gasteiger partial charge on any atom is 0.407 e. The highest BCUT2D eigenvalue weighted by Gasteiger charge is 2.65. The molecule has 3 fully saturated rings. The van der Waals surface area contributed by atoms with Crippen LogP contribution >= 0.6 is 11.8 Å². The van der Waals surface area contributed by atoms with Crippen molar-refractivity contribution in [2.24, 2.45) is 0 Å². The summed E-state index contributed by atoms with van der Waals surface area (Å²) in [5, 5.41) is 24.4. The lowest BCUT2D eigenvalue weighted by atomic mass is 10.1. The van der Waals surface area contributed by atoms with E-state index >= 15 is 0 Å². The number of ether oxygens (including phenoxy) is 4. The second-order valence-electron chi connectivity index (χ2n) is 12.6. The number of aromatic carboxylic acids is 1. The van der Waals surface area contributed by atoms with Crippen LogP contribution in [0.3, 0.4) is 0 Å². The number of aliphatic hydroxyl groups excluding tert-OH is 1. The second-order valence-corrected chi connectivity index (χ2v) is 13.5. The molecule has 0 spiro atoms. The molecule has 16 heteroatoms. The van der Waals surface area contributed by atoms with Crippen LogP contribution in [0.5, 0.6) is 5.75 Å².